The zero-order valence-electron chi connectivity index (χ0n) is 12.9. The Kier molecular flexibility index (Phi) is 5.98. The van der Waals surface area contributed by atoms with E-state index in [4.69, 9.17) is 10.6 Å². The molecule has 0 bridgehead atoms. The highest BCUT2D eigenvalue weighted by Gasteiger charge is 2.14. The molecule has 0 radical (unpaired) electrons. The monoisotopic (exact) mass is 294 g/mol. The Bertz CT molecular complexity index is 431. The van der Waals surface area contributed by atoms with E-state index in [0.717, 1.165) is 12.8 Å². The van der Waals surface area contributed by atoms with Crippen LogP contribution in [0.3, 0.4) is 0 Å². The summed E-state index contributed by atoms with van der Waals surface area (Å²) < 4.78 is 5.53. The van der Waals surface area contributed by atoms with Crippen LogP contribution >= 0.6 is 0 Å². The predicted molar refractivity (Wildman–Crippen MR) is 83.1 cm³/mol. The van der Waals surface area contributed by atoms with Crippen molar-refractivity contribution in [3.63, 3.8) is 0 Å². The van der Waals surface area contributed by atoms with Crippen LogP contribution in [0.15, 0.2) is 0 Å². The first-order valence-corrected chi connectivity index (χ1v) is 7.83. The molecule has 118 valence electrons. The van der Waals surface area contributed by atoms with Crippen molar-refractivity contribution in [1.29, 1.82) is 0 Å². The van der Waals surface area contributed by atoms with Gasteiger partial charge in [-0.3, -0.25) is 5.43 Å². The Morgan fingerprint density at radius 2 is 1.62 bits per heavy atom. The third-order valence-electron chi connectivity index (χ3n) is 3.52. The third-order valence-corrected chi connectivity index (χ3v) is 3.52. The molecule has 7 nitrogen and oxygen atoms in total. The van der Waals surface area contributed by atoms with E-state index < -0.39 is 0 Å². The van der Waals surface area contributed by atoms with Crippen LogP contribution in [0.25, 0.3) is 0 Å². The van der Waals surface area contributed by atoms with Crippen LogP contribution in [0.4, 0.5) is 11.9 Å². The maximum absolute atomic E-state index is 5.53. The van der Waals surface area contributed by atoms with Gasteiger partial charge in [-0.1, -0.05) is 32.1 Å². The van der Waals surface area contributed by atoms with Crippen molar-refractivity contribution in [3.8, 4) is 6.01 Å². The van der Waals surface area contributed by atoms with Gasteiger partial charge in [0, 0.05) is 6.04 Å². The number of nitrogens with two attached hydrogens (primary N) is 1. The van der Waals surface area contributed by atoms with Gasteiger partial charge in [0.05, 0.1) is 6.10 Å². The summed E-state index contributed by atoms with van der Waals surface area (Å²) in [5, 5.41) is 3.40. The molecule has 4 N–H and O–H groups in total. The first-order valence-electron chi connectivity index (χ1n) is 7.83. The van der Waals surface area contributed by atoms with Crippen LogP contribution < -0.4 is 21.3 Å². The minimum absolute atomic E-state index is 0.00673. The molecule has 0 atom stereocenters. The predicted octanol–water partition coefficient (Wildman–Crippen LogP) is 2.47. The Morgan fingerprint density at radius 1 is 1.00 bits per heavy atom. The topological polar surface area (TPSA) is 98.0 Å². The Morgan fingerprint density at radius 3 is 2.24 bits per heavy atom. The summed E-state index contributed by atoms with van der Waals surface area (Å²) in [6, 6.07) is 0.700. The van der Waals surface area contributed by atoms with Gasteiger partial charge in [-0.25, -0.2) is 5.84 Å². The fourth-order valence-corrected chi connectivity index (χ4v) is 2.53. The number of hydrogen-bond donors (Lipinski definition) is 3. The van der Waals surface area contributed by atoms with Gasteiger partial charge in [0.1, 0.15) is 0 Å². The Balaban J connectivity index is 2.06. The second kappa shape index (κ2) is 7.97. The number of nitrogen functional groups attached to an aromatic ring is 1. The largest absolute Gasteiger partial charge is 0.461 e. The lowest BCUT2D eigenvalue weighted by molar-refractivity contribution is 0.222. The van der Waals surface area contributed by atoms with E-state index in [1.165, 1.54) is 32.1 Å². The lowest BCUT2D eigenvalue weighted by atomic mass is 9.97. The number of hydrazine groups is 1. The van der Waals surface area contributed by atoms with E-state index in [-0.39, 0.29) is 6.10 Å². The quantitative estimate of drug-likeness (QED) is 0.567. The van der Waals surface area contributed by atoms with Gasteiger partial charge in [-0.15, -0.1) is 0 Å². The SMILES string of the molecule is CC(C)Oc1nc(NN)nc(NC2CCCCCCC2)n1. The normalized spacial score (nSPS) is 17.1. The average molecular weight is 294 g/mol. The highest BCUT2D eigenvalue weighted by atomic mass is 16.5. The van der Waals surface area contributed by atoms with Crippen molar-refractivity contribution in [2.24, 2.45) is 5.84 Å². The minimum Gasteiger partial charge on any atom is -0.461 e. The zero-order valence-corrected chi connectivity index (χ0v) is 12.9. The number of aromatic nitrogens is 3. The van der Waals surface area contributed by atoms with E-state index in [2.05, 4.69) is 25.7 Å². The fraction of sp³-hybridized carbons (Fsp3) is 0.786. The molecule has 1 aliphatic rings. The molecule has 1 saturated carbocycles. The molecule has 2 rings (SSSR count). The van der Waals surface area contributed by atoms with E-state index in [9.17, 15) is 0 Å². The third kappa shape index (κ3) is 5.34. The first kappa shape index (κ1) is 15.8. The number of hydrogen-bond acceptors (Lipinski definition) is 7. The number of nitrogens with zero attached hydrogens (tertiary/aromatic N) is 3. The van der Waals surface area contributed by atoms with Crippen LogP contribution in [0, 0.1) is 0 Å². The van der Waals surface area contributed by atoms with Crippen molar-refractivity contribution in [3.05, 3.63) is 0 Å². The summed E-state index contributed by atoms with van der Waals surface area (Å²) in [4.78, 5) is 12.7. The Hall–Kier alpha value is -1.63. The molecule has 1 aromatic heterocycles. The lowest BCUT2D eigenvalue weighted by Crippen LogP contribution is -2.23. The van der Waals surface area contributed by atoms with Gasteiger partial charge in [0.15, 0.2) is 0 Å². The van der Waals surface area contributed by atoms with Gasteiger partial charge in [-0.2, -0.15) is 15.0 Å². The Labute approximate surface area is 126 Å². The molecule has 7 heteroatoms. The molecule has 1 aliphatic carbocycles. The summed E-state index contributed by atoms with van der Waals surface area (Å²) in [5.74, 6) is 6.25. The van der Waals surface area contributed by atoms with E-state index in [1.807, 2.05) is 13.8 Å². The van der Waals surface area contributed by atoms with Crippen LogP contribution in [0.2, 0.25) is 0 Å². The van der Waals surface area contributed by atoms with Crippen LogP contribution in [0.5, 0.6) is 6.01 Å². The number of anilines is 2. The zero-order chi connectivity index (χ0) is 15.1. The highest BCUT2D eigenvalue weighted by Crippen LogP contribution is 2.20. The molecule has 0 spiro atoms. The van der Waals surface area contributed by atoms with Crippen molar-refractivity contribution < 1.29 is 4.74 Å². The molecule has 0 aromatic carbocycles. The molecule has 1 aromatic rings. The average Bonchev–Trinajstić information content (AvgIpc) is 2.40. The maximum atomic E-state index is 5.53. The summed E-state index contributed by atoms with van der Waals surface area (Å²) in [6.07, 6.45) is 8.79. The highest BCUT2D eigenvalue weighted by molar-refractivity contribution is 5.35. The second-order valence-electron chi connectivity index (χ2n) is 5.76. The number of nitrogens with one attached hydrogen (secondary N) is 2. The molecule has 1 heterocycles. The summed E-state index contributed by atoms with van der Waals surface area (Å²) in [6.45, 7) is 3.86. The molecule has 0 aliphatic heterocycles. The van der Waals surface area contributed by atoms with Crippen molar-refractivity contribution in [1.82, 2.24) is 15.0 Å². The molecule has 1 fully saturated rings. The van der Waals surface area contributed by atoms with E-state index >= 15 is 0 Å². The number of ether oxygens (including phenoxy) is 1. The van der Waals surface area contributed by atoms with Crippen LogP contribution in [0.1, 0.15) is 58.8 Å². The minimum atomic E-state index is 0.00673. The number of rotatable bonds is 5. The molecular formula is C14H26N6O. The van der Waals surface area contributed by atoms with E-state index in [0.29, 0.717) is 23.9 Å². The maximum Gasteiger partial charge on any atom is 0.323 e. The summed E-state index contributed by atoms with van der Waals surface area (Å²) >= 11 is 0. The summed E-state index contributed by atoms with van der Waals surface area (Å²) in [7, 11) is 0. The lowest BCUT2D eigenvalue weighted by Gasteiger charge is -2.21. The van der Waals surface area contributed by atoms with Gasteiger partial charge in [-0.05, 0) is 26.7 Å². The van der Waals surface area contributed by atoms with Crippen molar-refractivity contribution in [2.75, 3.05) is 10.7 Å². The van der Waals surface area contributed by atoms with E-state index in [1.54, 1.807) is 0 Å². The standard InChI is InChI=1S/C14H26N6O/c1-10(2)21-14-18-12(17-13(19-14)20-15)16-11-8-6-4-3-5-7-9-11/h10-11H,3-9,15H2,1-2H3,(H2,16,17,18,19,20). The van der Waals surface area contributed by atoms with Crippen molar-refractivity contribution >= 4 is 11.9 Å². The molecule has 0 saturated heterocycles. The molecule has 0 unspecified atom stereocenters. The first-order chi connectivity index (χ1) is 10.2. The smallest absolute Gasteiger partial charge is 0.323 e. The fourth-order valence-electron chi connectivity index (χ4n) is 2.53. The summed E-state index contributed by atoms with van der Waals surface area (Å²) in [5.41, 5.74) is 2.46. The molecule has 21 heavy (non-hydrogen) atoms. The van der Waals surface area contributed by atoms with Crippen molar-refractivity contribution in [2.45, 2.75) is 70.9 Å². The van der Waals surface area contributed by atoms with Gasteiger partial charge >= 0.3 is 6.01 Å². The van der Waals surface area contributed by atoms with Gasteiger partial charge in [0.2, 0.25) is 11.9 Å². The second-order valence-corrected chi connectivity index (χ2v) is 5.76. The van der Waals surface area contributed by atoms with Gasteiger partial charge in [0.25, 0.3) is 0 Å². The molecule has 0 amide bonds. The molecular weight excluding hydrogens is 268 g/mol. The van der Waals surface area contributed by atoms with Crippen LogP contribution in [-0.4, -0.2) is 27.1 Å². The van der Waals surface area contributed by atoms with Crippen LogP contribution in [-0.2, 0) is 0 Å². The van der Waals surface area contributed by atoms with Gasteiger partial charge < -0.3 is 10.1 Å².